The second kappa shape index (κ2) is 60.6. The van der Waals surface area contributed by atoms with Crippen LogP contribution in [-0.4, -0.2) is 74.3 Å². The maximum Gasteiger partial charge on any atom is 0.472 e. The molecule has 10 heteroatoms. The van der Waals surface area contributed by atoms with Gasteiger partial charge in [-0.2, -0.15) is 0 Å². The summed E-state index contributed by atoms with van der Waals surface area (Å²) in [5, 5.41) is 3.07. The van der Waals surface area contributed by atoms with Crippen molar-refractivity contribution in [2.24, 2.45) is 0 Å². The number of carbonyl (C=O) groups is 2. The lowest BCUT2D eigenvalue weighted by Crippen LogP contribution is -2.47. The Hall–Kier alpha value is -2.55. The Balaban J connectivity index is 5.09. The number of nitrogens with one attached hydrogen (secondary N) is 1. The van der Waals surface area contributed by atoms with Crippen LogP contribution in [0.3, 0.4) is 0 Å². The average Bonchev–Trinajstić information content (AvgIpc) is 3.44. The molecule has 9 nitrogen and oxygen atoms in total. The smallest absolute Gasteiger partial charge is 0.456 e. The molecule has 0 saturated carbocycles. The summed E-state index contributed by atoms with van der Waals surface area (Å²) in [5.74, 6) is -0.506. The predicted molar refractivity (Wildman–Crippen MR) is 351 cm³/mol. The van der Waals surface area contributed by atoms with Crippen molar-refractivity contribution in [3.63, 3.8) is 0 Å². The molecule has 0 rings (SSSR count). The Morgan fingerprint density at radius 2 is 0.753 bits per heavy atom. The first-order valence-electron chi connectivity index (χ1n) is 34.3. The Morgan fingerprint density at radius 3 is 1.17 bits per heavy atom. The number of phosphoric ester groups is 1. The van der Waals surface area contributed by atoms with Crippen molar-refractivity contribution >= 4 is 19.7 Å². The number of hydrogen-bond donors (Lipinski definition) is 2. The summed E-state index contributed by atoms with van der Waals surface area (Å²) >= 11 is 0. The zero-order valence-corrected chi connectivity index (χ0v) is 54.9. The van der Waals surface area contributed by atoms with Crippen molar-refractivity contribution in [3.8, 4) is 0 Å². The third-order valence-corrected chi connectivity index (χ3v) is 16.1. The normalized spacial score (nSPS) is 14.0. The maximum absolute atomic E-state index is 13.6. The second-order valence-corrected chi connectivity index (χ2v) is 25.8. The van der Waals surface area contributed by atoms with E-state index >= 15 is 0 Å². The van der Waals surface area contributed by atoms with Crippen LogP contribution in [-0.2, 0) is 27.9 Å². The van der Waals surface area contributed by atoms with Gasteiger partial charge < -0.3 is 19.4 Å². The van der Waals surface area contributed by atoms with Crippen LogP contribution in [0.25, 0.3) is 0 Å². The molecule has 1 amide bonds. The third-order valence-electron chi connectivity index (χ3n) is 15.1. The number of rotatable bonds is 62. The van der Waals surface area contributed by atoms with Gasteiger partial charge in [0.1, 0.15) is 19.3 Å². The number of hydrogen-bond acceptors (Lipinski definition) is 6. The highest BCUT2D eigenvalue weighted by Gasteiger charge is 2.30. The van der Waals surface area contributed by atoms with Crippen LogP contribution >= 0.6 is 7.82 Å². The summed E-state index contributed by atoms with van der Waals surface area (Å²) in [7, 11) is 1.49. The number of phosphoric acid groups is 1. The molecule has 3 unspecified atom stereocenters. The van der Waals surface area contributed by atoms with Crippen molar-refractivity contribution in [1.29, 1.82) is 0 Å². The highest BCUT2D eigenvalue weighted by atomic mass is 31.2. The number of nitrogens with zero attached hydrogens (tertiary/aromatic N) is 1. The molecule has 0 heterocycles. The van der Waals surface area contributed by atoms with Gasteiger partial charge in [-0.3, -0.25) is 18.6 Å². The van der Waals surface area contributed by atoms with Crippen molar-refractivity contribution in [1.82, 2.24) is 5.32 Å². The summed E-state index contributed by atoms with van der Waals surface area (Å²) < 4.78 is 30.8. The van der Waals surface area contributed by atoms with E-state index in [1.165, 1.54) is 199 Å². The Kier molecular flexibility index (Phi) is 58.7. The van der Waals surface area contributed by atoms with Gasteiger partial charge in [-0.05, 0) is 102 Å². The van der Waals surface area contributed by atoms with E-state index in [4.69, 9.17) is 13.8 Å². The Morgan fingerprint density at radius 1 is 0.432 bits per heavy atom. The van der Waals surface area contributed by atoms with E-state index in [1.807, 2.05) is 33.3 Å². The van der Waals surface area contributed by atoms with Crippen molar-refractivity contribution in [2.45, 2.75) is 328 Å². The fraction of sp³-hybridized carbons (Fsp3) is 0.803. The number of ether oxygens (including phenoxy) is 1. The average molecular weight is 1160 g/mol. The first kappa shape index (κ1) is 78.5. The van der Waals surface area contributed by atoms with Crippen LogP contribution in [0.1, 0.15) is 316 Å². The number of carbonyl (C=O) groups excluding carboxylic acids is 2. The van der Waals surface area contributed by atoms with Crippen molar-refractivity contribution < 1.29 is 37.3 Å². The lowest BCUT2D eigenvalue weighted by Gasteiger charge is -2.27. The van der Waals surface area contributed by atoms with Crippen LogP contribution in [0.5, 0.6) is 0 Å². The summed E-state index contributed by atoms with van der Waals surface area (Å²) in [5.41, 5.74) is 0. The van der Waals surface area contributed by atoms with Crippen molar-refractivity contribution in [3.05, 3.63) is 72.9 Å². The van der Waals surface area contributed by atoms with E-state index in [1.54, 1.807) is 0 Å². The first-order chi connectivity index (χ1) is 39.4. The molecule has 3 atom stereocenters. The molecule has 2 N–H and O–H groups in total. The Bertz CT molecular complexity index is 1620. The van der Waals surface area contributed by atoms with E-state index in [2.05, 4.69) is 86.8 Å². The minimum atomic E-state index is -4.46. The van der Waals surface area contributed by atoms with E-state index in [9.17, 15) is 19.0 Å². The standard InChI is InChI=1S/C71H131N2O7P/c1-7-10-13-16-19-22-25-28-30-31-32-33-34-35-36-37-38-39-40-41-43-45-48-51-54-57-60-63-70(74)72-68(67-79-81(76,77)78-66-65-73(4,5)6)69(62-59-56-53-50-47-44-27-24-21-18-15-12-9-3)80-71(75)64-61-58-55-52-49-46-42-29-26-23-20-17-14-11-8-2/h19,22-23,26,28,30,32-33,35-36,59,62,68-69H,7-18,20-21,24-25,27,29,31,34,37-58,60-61,63-67H2,1-6H3,(H-,72,74,76,77)/p+1/b22-19-,26-23-,30-28-,33-32-,36-35-,62-59-. The van der Waals surface area contributed by atoms with Crippen LogP contribution < -0.4 is 5.32 Å². The van der Waals surface area contributed by atoms with Gasteiger partial charge in [-0.1, -0.05) is 274 Å². The van der Waals surface area contributed by atoms with Gasteiger partial charge in [0.15, 0.2) is 0 Å². The molecule has 81 heavy (non-hydrogen) atoms. The van der Waals surface area contributed by atoms with E-state index in [0.717, 1.165) is 83.5 Å². The fourth-order valence-electron chi connectivity index (χ4n) is 9.80. The third kappa shape index (κ3) is 61.8. The minimum Gasteiger partial charge on any atom is -0.456 e. The number of quaternary nitrogens is 1. The largest absolute Gasteiger partial charge is 0.472 e. The van der Waals surface area contributed by atoms with E-state index in [-0.39, 0.29) is 31.5 Å². The quantitative estimate of drug-likeness (QED) is 0.0205. The molecule has 0 spiro atoms. The monoisotopic (exact) mass is 1160 g/mol. The molecular weight excluding hydrogens is 1020 g/mol. The van der Waals surface area contributed by atoms with Crippen molar-refractivity contribution in [2.75, 3.05) is 40.9 Å². The number of allylic oxidation sites excluding steroid dienone is 11. The van der Waals surface area contributed by atoms with Crippen LogP contribution in [0, 0.1) is 0 Å². The second-order valence-electron chi connectivity index (χ2n) is 24.3. The van der Waals surface area contributed by atoms with Crippen LogP contribution in [0.2, 0.25) is 0 Å². The number of amides is 1. The fourth-order valence-corrected chi connectivity index (χ4v) is 10.5. The molecule has 0 aromatic carbocycles. The lowest BCUT2D eigenvalue weighted by molar-refractivity contribution is -0.870. The van der Waals surface area contributed by atoms with Gasteiger partial charge in [0, 0.05) is 12.8 Å². The topological polar surface area (TPSA) is 111 Å². The minimum absolute atomic E-state index is 0.0377. The number of unbranched alkanes of at least 4 members (excludes halogenated alkanes) is 36. The molecule has 0 aromatic rings. The maximum atomic E-state index is 13.6. The number of esters is 1. The molecule has 0 aliphatic heterocycles. The molecule has 0 fully saturated rings. The van der Waals surface area contributed by atoms with E-state index in [0.29, 0.717) is 17.4 Å². The summed E-state index contributed by atoms with van der Waals surface area (Å²) in [6, 6.07) is -0.854. The molecular formula is C71H132N2O7P+. The van der Waals surface area contributed by atoms with Crippen LogP contribution in [0.4, 0.5) is 0 Å². The van der Waals surface area contributed by atoms with E-state index < -0.39 is 20.0 Å². The SMILES string of the molecule is CCCCC/C=C\C/C=C\C/C=C\C/C=C\CCCCCCCCCCCCCC(=O)NC(COP(=O)(O)OCC[N+](C)(C)C)C(/C=C\CCCCCCCCCCCCC)OC(=O)CCCCCCCCC/C=C\CCCCCC. The molecule has 0 aromatic heterocycles. The van der Waals surface area contributed by atoms with Gasteiger partial charge in [0.2, 0.25) is 5.91 Å². The molecule has 0 aliphatic carbocycles. The zero-order valence-electron chi connectivity index (χ0n) is 54.0. The van der Waals surface area contributed by atoms with Gasteiger partial charge in [0.05, 0.1) is 33.8 Å². The first-order valence-corrected chi connectivity index (χ1v) is 35.8. The van der Waals surface area contributed by atoms with Gasteiger partial charge >= 0.3 is 13.8 Å². The molecule has 472 valence electrons. The van der Waals surface area contributed by atoms with Gasteiger partial charge in [-0.15, -0.1) is 0 Å². The zero-order chi connectivity index (χ0) is 59.3. The summed E-state index contributed by atoms with van der Waals surface area (Å²) in [6.07, 6.45) is 79.0. The highest BCUT2D eigenvalue weighted by molar-refractivity contribution is 7.47. The molecule has 0 bridgehead atoms. The summed E-state index contributed by atoms with van der Waals surface area (Å²) in [4.78, 5) is 37.8. The number of likely N-dealkylation sites (N-methyl/N-ethyl adjacent to an activating group) is 1. The molecule has 0 aliphatic rings. The molecule has 0 saturated heterocycles. The highest BCUT2D eigenvalue weighted by Crippen LogP contribution is 2.43. The summed E-state index contributed by atoms with van der Waals surface area (Å²) in [6.45, 7) is 6.99. The lowest BCUT2D eigenvalue weighted by atomic mass is 10.0. The molecule has 0 radical (unpaired) electrons. The van der Waals surface area contributed by atoms with Gasteiger partial charge in [-0.25, -0.2) is 4.57 Å². The van der Waals surface area contributed by atoms with Gasteiger partial charge in [0.25, 0.3) is 0 Å². The Labute approximate surface area is 502 Å². The predicted octanol–water partition coefficient (Wildman–Crippen LogP) is 21.6. The van der Waals surface area contributed by atoms with Crippen LogP contribution in [0.15, 0.2) is 72.9 Å².